The van der Waals surface area contributed by atoms with E-state index in [0.29, 0.717) is 17.2 Å². The van der Waals surface area contributed by atoms with Crippen LogP contribution >= 0.6 is 11.6 Å². The molecule has 2 N–H and O–H groups in total. The summed E-state index contributed by atoms with van der Waals surface area (Å²) in [6.07, 6.45) is 0.661. The average molecular weight is 314 g/mol. The molecule has 2 atom stereocenters. The van der Waals surface area contributed by atoms with Gasteiger partial charge in [-0.25, -0.2) is 4.79 Å². The van der Waals surface area contributed by atoms with Crippen LogP contribution in [0.25, 0.3) is 0 Å². The van der Waals surface area contributed by atoms with Crippen LogP contribution in [0.3, 0.4) is 0 Å². The van der Waals surface area contributed by atoms with E-state index in [1.807, 2.05) is 13.8 Å². The standard InChI is InChI=1S/C15H20ClNO4/c1-4-9(2)14(15(19)20)17-13(18)8-21-11-5-6-12(16)10(3)7-11/h5-7,9,14H,4,8H2,1-3H3,(H,17,18)(H,19,20)/t9?,14-/m0/s1. The molecule has 1 rings (SSSR count). The van der Waals surface area contributed by atoms with Crippen molar-refractivity contribution in [3.05, 3.63) is 28.8 Å². The molecule has 1 aromatic carbocycles. The fourth-order valence-corrected chi connectivity index (χ4v) is 1.87. The Morgan fingerprint density at radius 1 is 1.43 bits per heavy atom. The third-order valence-corrected chi connectivity index (χ3v) is 3.72. The first-order chi connectivity index (χ1) is 9.85. The zero-order valence-electron chi connectivity index (χ0n) is 12.4. The summed E-state index contributed by atoms with van der Waals surface area (Å²) in [5.74, 6) is -1.14. The third-order valence-electron chi connectivity index (χ3n) is 3.29. The summed E-state index contributed by atoms with van der Waals surface area (Å²) in [6, 6.07) is 4.16. The highest BCUT2D eigenvalue weighted by molar-refractivity contribution is 6.31. The number of carbonyl (C=O) groups is 2. The molecule has 1 amide bonds. The van der Waals surface area contributed by atoms with Gasteiger partial charge in [-0.05, 0) is 36.6 Å². The Morgan fingerprint density at radius 2 is 2.10 bits per heavy atom. The lowest BCUT2D eigenvalue weighted by Gasteiger charge is -2.20. The van der Waals surface area contributed by atoms with E-state index in [4.69, 9.17) is 21.4 Å². The molecule has 1 aromatic rings. The van der Waals surface area contributed by atoms with Gasteiger partial charge in [0, 0.05) is 5.02 Å². The van der Waals surface area contributed by atoms with E-state index < -0.39 is 17.9 Å². The Labute approximate surface area is 129 Å². The molecule has 0 fully saturated rings. The van der Waals surface area contributed by atoms with Crippen molar-refractivity contribution >= 4 is 23.5 Å². The number of carboxylic acids is 1. The molecule has 116 valence electrons. The molecular formula is C15H20ClNO4. The third kappa shape index (κ3) is 5.27. The van der Waals surface area contributed by atoms with E-state index in [2.05, 4.69) is 5.32 Å². The first kappa shape index (κ1) is 17.3. The van der Waals surface area contributed by atoms with E-state index >= 15 is 0 Å². The van der Waals surface area contributed by atoms with Gasteiger partial charge < -0.3 is 15.2 Å². The van der Waals surface area contributed by atoms with Crippen LogP contribution in [0.2, 0.25) is 5.02 Å². The molecule has 0 aliphatic carbocycles. The normalized spacial score (nSPS) is 13.3. The van der Waals surface area contributed by atoms with Crippen molar-refractivity contribution in [2.75, 3.05) is 6.61 Å². The summed E-state index contributed by atoms with van der Waals surface area (Å²) in [5.41, 5.74) is 0.845. The topological polar surface area (TPSA) is 75.6 Å². The Hall–Kier alpha value is -1.75. The number of ether oxygens (including phenoxy) is 1. The highest BCUT2D eigenvalue weighted by Gasteiger charge is 2.25. The van der Waals surface area contributed by atoms with Gasteiger partial charge in [-0.2, -0.15) is 0 Å². The van der Waals surface area contributed by atoms with Gasteiger partial charge in [0.15, 0.2) is 6.61 Å². The van der Waals surface area contributed by atoms with Crippen molar-refractivity contribution in [1.82, 2.24) is 5.32 Å². The number of benzene rings is 1. The van der Waals surface area contributed by atoms with E-state index in [9.17, 15) is 9.59 Å². The van der Waals surface area contributed by atoms with Gasteiger partial charge in [0.05, 0.1) is 0 Å². The lowest BCUT2D eigenvalue weighted by Crippen LogP contribution is -2.46. The first-order valence-electron chi connectivity index (χ1n) is 6.76. The number of aliphatic carboxylic acids is 1. The number of halogens is 1. The predicted octanol–water partition coefficient (Wildman–Crippen LogP) is 2.64. The summed E-state index contributed by atoms with van der Waals surface area (Å²) in [7, 11) is 0. The second-order valence-corrected chi connectivity index (χ2v) is 5.38. The number of rotatable bonds is 7. The van der Waals surface area contributed by atoms with Crippen molar-refractivity contribution < 1.29 is 19.4 Å². The molecule has 0 heterocycles. The Morgan fingerprint density at radius 3 is 2.62 bits per heavy atom. The fourth-order valence-electron chi connectivity index (χ4n) is 1.75. The van der Waals surface area contributed by atoms with Crippen LogP contribution in [0.15, 0.2) is 18.2 Å². The molecule has 0 saturated heterocycles. The zero-order chi connectivity index (χ0) is 16.0. The summed E-state index contributed by atoms with van der Waals surface area (Å²) in [5, 5.41) is 12.2. The van der Waals surface area contributed by atoms with Gasteiger partial charge in [-0.1, -0.05) is 31.9 Å². The van der Waals surface area contributed by atoms with Crippen molar-refractivity contribution in [2.45, 2.75) is 33.2 Å². The van der Waals surface area contributed by atoms with Crippen molar-refractivity contribution in [3.8, 4) is 5.75 Å². The minimum atomic E-state index is -1.04. The number of hydrogen-bond donors (Lipinski definition) is 2. The van der Waals surface area contributed by atoms with Crippen molar-refractivity contribution in [2.24, 2.45) is 5.92 Å². The van der Waals surface area contributed by atoms with Gasteiger partial charge >= 0.3 is 5.97 Å². The number of aryl methyl sites for hydroxylation is 1. The maximum atomic E-state index is 11.8. The second-order valence-electron chi connectivity index (χ2n) is 4.97. The summed E-state index contributed by atoms with van der Waals surface area (Å²) >= 11 is 5.90. The largest absolute Gasteiger partial charge is 0.484 e. The van der Waals surface area contributed by atoms with E-state index in [1.54, 1.807) is 25.1 Å². The number of carbonyl (C=O) groups excluding carboxylic acids is 1. The van der Waals surface area contributed by atoms with Crippen LogP contribution in [0.1, 0.15) is 25.8 Å². The smallest absolute Gasteiger partial charge is 0.326 e. The molecule has 0 aliphatic heterocycles. The molecule has 0 radical (unpaired) electrons. The van der Waals surface area contributed by atoms with Crippen LogP contribution in [0.4, 0.5) is 0 Å². The first-order valence-corrected chi connectivity index (χ1v) is 7.14. The maximum Gasteiger partial charge on any atom is 0.326 e. The van der Waals surface area contributed by atoms with E-state index in [1.165, 1.54) is 0 Å². The molecule has 1 unspecified atom stereocenters. The quantitative estimate of drug-likeness (QED) is 0.811. The fraction of sp³-hybridized carbons (Fsp3) is 0.467. The van der Waals surface area contributed by atoms with Crippen LogP contribution < -0.4 is 10.1 Å². The van der Waals surface area contributed by atoms with Crippen molar-refractivity contribution in [3.63, 3.8) is 0 Å². The van der Waals surface area contributed by atoms with Gasteiger partial charge in [0.1, 0.15) is 11.8 Å². The van der Waals surface area contributed by atoms with E-state index in [-0.39, 0.29) is 12.5 Å². The Kier molecular flexibility index (Phi) is 6.49. The summed E-state index contributed by atoms with van der Waals surface area (Å²) < 4.78 is 5.33. The molecule has 21 heavy (non-hydrogen) atoms. The number of hydrogen-bond acceptors (Lipinski definition) is 3. The molecular weight excluding hydrogens is 294 g/mol. The molecule has 0 spiro atoms. The Bertz CT molecular complexity index is 518. The maximum absolute atomic E-state index is 11.8. The monoisotopic (exact) mass is 313 g/mol. The Balaban J connectivity index is 2.56. The van der Waals surface area contributed by atoms with Gasteiger partial charge in [-0.15, -0.1) is 0 Å². The summed E-state index contributed by atoms with van der Waals surface area (Å²) in [6.45, 7) is 5.25. The minimum absolute atomic E-state index is 0.149. The molecule has 5 nitrogen and oxygen atoms in total. The minimum Gasteiger partial charge on any atom is -0.484 e. The molecule has 0 aliphatic rings. The number of nitrogens with one attached hydrogen (secondary N) is 1. The molecule has 0 bridgehead atoms. The van der Waals surface area contributed by atoms with Crippen LogP contribution in [-0.4, -0.2) is 29.6 Å². The van der Waals surface area contributed by atoms with Gasteiger partial charge in [0.2, 0.25) is 0 Å². The lowest BCUT2D eigenvalue weighted by molar-refractivity contribution is -0.143. The average Bonchev–Trinajstić information content (AvgIpc) is 2.44. The highest BCUT2D eigenvalue weighted by Crippen LogP contribution is 2.20. The number of carboxylic acid groups (broad SMARTS) is 1. The number of amides is 1. The van der Waals surface area contributed by atoms with Gasteiger partial charge in [-0.3, -0.25) is 4.79 Å². The highest BCUT2D eigenvalue weighted by atomic mass is 35.5. The molecule has 0 aromatic heterocycles. The zero-order valence-corrected chi connectivity index (χ0v) is 13.1. The summed E-state index contributed by atoms with van der Waals surface area (Å²) in [4.78, 5) is 22.9. The molecule has 6 heteroatoms. The van der Waals surface area contributed by atoms with Crippen molar-refractivity contribution in [1.29, 1.82) is 0 Å². The molecule has 0 saturated carbocycles. The van der Waals surface area contributed by atoms with Gasteiger partial charge in [0.25, 0.3) is 5.91 Å². The second kappa shape index (κ2) is 7.88. The van der Waals surface area contributed by atoms with E-state index in [0.717, 1.165) is 5.56 Å². The SMILES string of the molecule is CCC(C)[C@H](NC(=O)COc1ccc(Cl)c(C)c1)C(=O)O. The van der Waals surface area contributed by atoms with Crippen LogP contribution in [0, 0.1) is 12.8 Å². The van der Waals surface area contributed by atoms with Crippen LogP contribution in [-0.2, 0) is 9.59 Å². The lowest BCUT2D eigenvalue weighted by atomic mass is 9.99. The van der Waals surface area contributed by atoms with Crippen LogP contribution in [0.5, 0.6) is 5.75 Å². The predicted molar refractivity (Wildman–Crippen MR) is 80.7 cm³/mol.